The lowest BCUT2D eigenvalue weighted by Crippen LogP contribution is -2.19. The Kier molecular flexibility index (Phi) is 3.74. The number of hydrogen-bond acceptors (Lipinski definition) is 4. The fourth-order valence-electron chi connectivity index (χ4n) is 1.17. The van der Waals surface area contributed by atoms with Crippen molar-refractivity contribution in [1.82, 2.24) is 9.78 Å². The van der Waals surface area contributed by atoms with Crippen LogP contribution in [-0.2, 0) is 7.05 Å². The van der Waals surface area contributed by atoms with Gasteiger partial charge in [0, 0.05) is 18.5 Å². The van der Waals surface area contributed by atoms with E-state index in [1.165, 1.54) is 10.9 Å². The first-order chi connectivity index (χ1) is 6.57. The molecule has 6 heteroatoms. The van der Waals surface area contributed by atoms with Crippen molar-refractivity contribution in [3.05, 3.63) is 11.8 Å². The summed E-state index contributed by atoms with van der Waals surface area (Å²) in [5, 5.41) is 23.0. The maximum atomic E-state index is 9.67. The lowest BCUT2D eigenvalue weighted by Gasteiger charge is -2.15. The molecule has 1 rings (SSSR count). The number of nitrogens with two attached hydrogens (primary N) is 1. The Balaban J connectivity index is 2.78. The number of nitrogens with zero attached hydrogens (tertiary/aromatic N) is 2. The van der Waals surface area contributed by atoms with Crippen LogP contribution in [0.1, 0.15) is 18.1 Å². The standard InChI is InChI=1S/C8H14ClN3O2/c1-12-8(10)5(4-11-12)7(14)6(13)2-3-9/h4,6-7,13-14H,2-3,10H2,1H3. The largest absolute Gasteiger partial charge is 0.390 e. The van der Waals surface area contributed by atoms with Crippen molar-refractivity contribution in [1.29, 1.82) is 0 Å². The number of nitrogen functional groups attached to an aromatic ring is 1. The second-order valence-electron chi connectivity index (χ2n) is 3.10. The van der Waals surface area contributed by atoms with Crippen LogP contribution < -0.4 is 5.73 Å². The number of anilines is 1. The summed E-state index contributed by atoms with van der Waals surface area (Å²) in [7, 11) is 1.67. The SMILES string of the molecule is Cn1ncc(C(O)C(O)CCCl)c1N. The van der Waals surface area contributed by atoms with E-state index >= 15 is 0 Å². The summed E-state index contributed by atoms with van der Waals surface area (Å²) >= 11 is 5.45. The van der Waals surface area contributed by atoms with Crippen LogP contribution in [0.4, 0.5) is 5.82 Å². The van der Waals surface area contributed by atoms with Gasteiger partial charge >= 0.3 is 0 Å². The van der Waals surface area contributed by atoms with Crippen LogP contribution in [0.3, 0.4) is 0 Å². The summed E-state index contributed by atoms with van der Waals surface area (Å²) in [6.07, 6.45) is -0.171. The Bertz CT molecular complexity index is 303. The van der Waals surface area contributed by atoms with Gasteiger partial charge in [-0.05, 0) is 6.42 Å². The van der Waals surface area contributed by atoms with E-state index in [9.17, 15) is 10.2 Å². The average molecular weight is 220 g/mol. The zero-order valence-corrected chi connectivity index (χ0v) is 8.65. The lowest BCUT2D eigenvalue weighted by atomic mass is 10.1. The number of aliphatic hydroxyl groups is 2. The van der Waals surface area contributed by atoms with Crippen LogP contribution in [0.2, 0.25) is 0 Å². The first kappa shape index (κ1) is 11.3. The van der Waals surface area contributed by atoms with Gasteiger partial charge in [0.05, 0.1) is 12.3 Å². The number of alkyl halides is 1. The molecule has 5 nitrogen and oxygen atoms in total. The number of aromatic nitrogens is 2. The molecule has 0 spiro atoms. The van der Waals surface area contributed by atoms with Gasteiger partial charge < -0.3 is 15.9 Å². The summed E-state index contributed by atoms with van der Waals surface area (Å²) in [6.45, 7) is 0. The molecule has 0 aliphatic carbocycles. The highest BCUT2D eigenvalue weighted by atomic mass is 35.5. The van der Waals surface area contributed by atoms with Crippen molar-refractivity contribution in [3.63, 3.8) is 0 Å². The fraction of sp³-hybridized carbons (Fsp3) is 0.625. The maximum absolute atomic E-state index is 9.67. The molecule has 0 aliphatic heterocycles. The van der Waals surface area contributed by atoms with Crippen molar-refractivity contribution in [2.75, 3.05) is 11.6 Å². The zero-order valence-electron chi connectivity index (χ0n) is 7.89. The molecular weight excluding hydrogens is 206 g/mol. The topological polar surface area (TPSA) is 84.3 Å². The van der Waals surface area contributed by atoms with Crippen molar-refractivity contribution in [3.8, 4) is 0 Å². The Labute approximate surface area is 87.1 Å². The molecule has 1 heterocycles. The van der Waals surface area contributed by atoms with Crippen LogP contribution in [0, 0.1) is 0 Å². The molecule has 4 N–H and O–H groups in total. The number of aliphatic hydroxyl groups excluding tert-OH is 2. The molecule has 0 amide bonds. The summed E-state index contributed by atoms with van der Waals surface area (Å²) < 4.78 is 1.44. The molecule has 80 valence electrons. The Morgan fingerprint density at radius 2 is 2.29 bits per heavy atom. The molecule has 2 unspecified atom stereocenters. The monoisotopic (exact) mass is 219 g/mol. The molecule has 0 fully saturated rings. The molecule has 0 bridgehead atoms. The normalized spacial score (nSPS) is 15.4. The van der Waals surface area contributed by atoms with Crippen LogP contribution in [0.25, 0.3) is 0 Å². The van der Waals surface area contributed by atoms with Gasteiger partial charge in [-0.2, -0.15) is 5.10 Å². The van der Waals surface area contributed by atoms with Crippen molar-refractivity contribution in [2.24, 2.45) is 7.05 Å². The molecule has 2 atom stereocenters. The molecular formula is C8H14ClN3O2. The Morgan fingerprint density at radius 1 is 1.64 bits per heavy atom. The van der Waals surface area contributed by atoms with Crippen LogP contribution in [0.15, 0.2) is 6.20 Å². The predicted octanol–water partition coefficient (Wildman–Crippen LogP) is 0.0255. The van der Waals surface area contributed by atoms with E-state index in [-0.39, 0.29) is 0 Å². The first-order valence-corrected chi connectivity index (χ1v) is 4.80. The fourth-order valence-corrected chi connectivity index (χ4v) is 1.39. The minimum Gasteiger partial charge on any atom is -0.390 e. The zero-order chi connectivity index (χ0) is 10.7. The average Bonchev–Trinajstić information content (AvgIpc) is 2.47. The smallest absolute Gasteiger partial charge is 0.127 e. The van der Waals surface area contributed by atoms with Gasteiger partial charge in [0.2, 0.25) is 0 Å². The number of hydrogen-bond donors (Lipinski definition) is 3. The predicted molar refractivity (Wildman–Crippen MR) is 53.9 cm³/mol. The van der Waals surface area contributed by atoms with Gasteiger partial charge in [-0.1, -0.05) is 0 Å². The number of halogens is 1. The highest BCUT2D eigenvalue weighted by Gasteiger charge is 2.22. The van der Waals surface area contributed by atoms with E-state index in [2.05, 4.69) is 5.10 Å². The third kappa shape index (κ3) is 2.17. The van der Waals surface area contributed by atoms with E-state index in [1.54, 1.807) is 7.05 Å². The van der Waals surface area contributed by atoms with E-state index in [0.29, 0.717) is 23.7 Å². The van der Waals surface area contributed by atoms with Gasteiger partial charge in [-0.25, -0.2) is 0 Å². The maximum Gasteiger partial charge on any atom is 0.127 e. The van der Waals surface area contributed by atoms with E-state index in [1.807, 2.05) is 0 Å². The minimum absolute atomic E-state index is 0.290. The molecule has 0 saturated heterocycles. The van der Waals surface area contributed by atoms with E-state index in [4.69, 9.17) is 17.3 Å². The van der Waals surface area contributed by atoms with Gasteiger partial charge in [0.25, 0.3) is 0 Å². The molecule has 0 radical (unpaired) electrons. The Hall–Kier alpha value is -0.780. The Morgan fingerprint density at radius 3 is 2.71 bits per heavy atom. The van der Waals surface area contributed by atoms with Gasteiger partial charge in [-0.15, -0.1) is 11.6 Å². The number of aryl methyl sites for hydroxylation is 1. The van der Waals surface area contributed by atoms with Gasteiger partial charge in [0.1, 0.15) is 11.9 Å². The third-order valence-electron chi connectivity index (χ3n) is 2.10. The number of rotatable bonds is 4. The summed E-state index contributed by atoms with van der Waals surface area (Å²) in [4.78, 5) is 0. The molecule has 0 saturated carbocycles. The highest BCUT2D eigenvalue weighted by molar-refractivity contribution is 6.17. The highest BCUT2D eigenvalue weighted by Crippen LogP contribution is 2.23. The van der Waals surface area contributed by atoms with Gasteiger partial charge in [0.15, 0.2) is 0 Å². The molecule has 1 aromatic heterocycles. The summed E-state index contributed by atoms with van der Waals surface area (Å²) in [5.74, 6) is 0.643. The molecule has 14 heavy (non-hydrogen) atoms. The quantitative estimate of drug-likeness (QED) is 0.624. The minimum atomic E-state index is -1.03. The van der Waals surface area contributed by atoms with Crippen molar-refractivity contribution in [2.45, 2.75) is 18.6 Å². The lowest BCUT2D eigenvalue weighted by molar-refractivity contribution is 0.0174. The van der Waals surface area contributed by atoms with Crippen LogP contribution in [0.5, 0.6) is 0 Å². The van der Waals surface area contributed by atoms with Crippen molar-refractivity contribution < 1.29 is 10.2 Å². The summed E-state index contributed by atoms with van der Waals surface area (Å²) in [5.41, 5.74) is 6.07. The second kappa shape index (κ2) is 4.63. The van der Waals surface area contributed by atoms with Crippen LogP contribution >= 0.6 is 11.6 Å². The third-order valence-corrected chi connectivity index (χ3v) is 2.32. The molecule has 0 aromatic carbocycles. The molecule has 0 aliphatic rings. The van der Waals surface area contributed by atoms with E-state index in [0.717, 1.165) is 0 Å². The van der Waals surface area contributed by atoms with E-state index < -0.39 is 12.2 Å². The second-order valence-corrected chi connectivity index (χ2v) is 3.48. The molecule has 1 aromatic rings. The van der Waals surface area contributed by atoms with Crippen molar-refractivity contribution >= 4 is 17.4 Å². The van der Waals surface area contributed by atoms with Crippen LogP contribution in [-0.4, -0.2) is 32.0 Å². The van der Waals surface area contributed by atoms with Gasteiger partial charge in [-0.3, -0.25) is 4.68 Å². The first-order valence-electron chi connectivity index (χ1n) is 4.27. The summed E-state index contributed by atoms with van der Waals surface area (Å²) in [6, 6.07) is 0.